The zero-order chi connectivity index (χ0) is 21.4. The first-order valence-corrected chi connectivity index (χ1v) is 10.0. The van der Waals surface area contributed by atoms with E-state index in [1.54, 1.807) is 37.3 Å². The van der Waals surface area contributed by atoms with E-state index in [0.29, 0.717) is 43.5 Å². The number of nitriles is 2. The molecule has 0 unspecified atom stereocenters. The van der Waals surface area contributed by atoms with Crippen molar-refractivity contribution in [2.75, 3.05) is 18.5 Å². The van der Waals surface area contributed by atoms with E-state index < -0.39 is 5.91 Å². The summed E-state index contributed by atoms with van der Waals surface area (Å²) < 4.78 is 11.7. The summed E-state index contributed by atoms with van der Waals surface area (Å²) in [5.74, 6) is 0.337. The molecule has 6 nitrogen and oxygen atoms in total. The van der Waals surface area contributed by atoms with Gasteiger partial charge in [-0.1, -0.05) is 17.7 Å². The number of halogens is 2. The molecule has 0 spiro atoms. The van der Waals surface area contributed by atoms with Crippen molar-refractivity contribution in [3.8, 4) is 23.6 Å². The fourth-order valence-corrected chi connectivity index (χ4v) is 3.38. The molecular formula is C21H17ClIN3O3. The average molecular weight is 522 g/mol. The van der Waals surface area contributed by atoms with Crippen LogP contribution < -0.4 is 14.8 Å². The Kier molecular flexibility index (Phi) is 8.32. The zero-order valence-corrected chi connectivity index (χ0v) is 18.7. The van der Waals surface area contributed by atoms with Gasteiger partial charge in [0.15, 0.2) is 18.1 Å². The molecule has 0 saturated carbocycles. The number of benzene rings is 2. The molecule has 29 heavy (non-hydrogen) atoms. The van der Waals surface area contributed by atoms with Crippen molar-refractivity contribution in [1.29, 1.82) is 10.5 Å². The van der Waals surface area contributed by atoms with Gasteiger partial charge in [-0.15, -0.1) is 0 Å². The maximum Gasteiger partial charge on any atom is 0.266 e. The second-order valence-electron chi connectivity index (χ2n) is 5.75. The van der Waals surface area contributed by atoms with Crippen LogP contribution in [0.5, 0.6) is 11.5 Å². The van der Waals surface area contributed by atoms with Crippen LogP contribution >= 0.6 is 34.2 Å². The zero-order valence-electron chi connectivity index (χ0n) is 15.8. The van der Waals surface area contributed by atoms with Crippen LogP contribution in [0.15, 0.2) is 35.9 Å². The summed E-state index contributed by atoms with van der Waals surface area (Å²) in [5, 5.41) is 21.5. The average Bonchev–Trinajstić information content (AvgIpc) is 2.69. The molecule has 0 fully saturated rings. The van der Waals surface area contributed by atoms with Crippen LogP contribution in [0.1, 0.15) is 18.1 Å². The van der Waals surface area contributed by atoms with Gasteiger partial charge >= 0.3 is 0 Å². The summed E-state index contributed by atoms with van der Waals surface area (Å²) in [6.07, 6.45) is 1.47. The predicted molar refractivity (Wildman–Crippen MR) is 120 cm³/mol. The molecule has 2 aromatic carbocycles. The highest BCUT2D eigenvalue weighted by Crippen LogP contribution is 2.35. The van der Waals surface area contributed by atoms with Crippen molar-refractivity contribution < 1.29 is 14.3 Å². The summed E-state index contributed by atoms with van der Waals surface area (Å²) in [6.45, 7) is 3.89. The highest BCUT2D eigenvalue weighted by atomic mass is 127. The van der Waals surface area contributed by atoms with Crippen LogP contribution in [0.4, 0.5) is 5.69 Å². The van der Waals surface area contributed by atoms with Gasteiger partial charge < -0.3 is 14.8 Å². The van der Waals surface area contributed by atoms with E-state index in [1.165, 1.54) is 6.08 Å². The Morgan fingerprint density at radius 1 is 1.31 bits per heavy atom. The van der Waals surface area contributed by atoms with Crippen LogP contribution in [0, 0.1) is 33.2 Å². The number of rotatable bonds is 7. The first-order chi connectivity index (χ1) is 13.9. The van der Waals surface area contributed by atoms with Gasteiger partial charge in [0.25, 0.3) is 5.91 Å². The summed E-state index contributed by atoms with van der Waals surface area (Å²) in [7, 11) is 0. The first-order valence-electron chi connectivity index (χ1n) is 8.55. The van der Waals surface area contributed by atoms with Crippen molar-refractivity contribution in [2.45, 2.75) is 13.8 Å². The molecule has 2 aromatic rings. The van der Waals surface area contributed by atoms with Crippen molar-refractivity contribution in [2.24, 2.45) is 0 Å². The Morgan fingerprint density at radius 2 is 2.07 bits per heavy atom. The molecule has 0 aromatic heterocycles. The van der Waals surface area contributed by atoms with Crippen molar-refractivity contribution >= 4 is 51.9 Å². The van der Waals surface area contributed by atoms with Gasteiger partial charge in [-0.25, -0.2) is 0 Å². The smallest absolute Gasteiger partial charge is 0.266 e. The van der Waals surface area contributed by atoms with Gasteiger partial charge in [-0.05, 0) is 77.9 Å². The molecule has 148 valence electrons. The molecule has 0 aliphatic heterocycles. The molecule has 0 aliphatic rings. The largest absolute Gasteiger partial charge is 0.490 e. The van der Waals surface area contributed by atoms with Crippen LogP contribution in [-0.2, 0) is 4.79 Å². The third-order valence-corrected chi connectivity index (χ3v) is 5.02. The fourth-order valence-electron chi connectivity index (χ4n) is 2.43. The van der Waals surface area contributed by atoms with Crippen molar-refractivity contribution in [3.05, 3.63) is 55.6 Å². The number of nitrogens with one attached hydrogen (secondary N) is 1. The molecule has 0 bridgehead atoms. The van der Waals surface area contributed by atoms with Crippen molar-refractivity contribution in [1.82, 2.24) is 0 Å². The Morgan fingerprint density at radius 3 is 2.72 bits per heavy atom. The Hall–Kier alpha value is -2.75. The van der Waals surface area contributed by atoms with Gasteiger partial charge in [0, 0.05) is 10.7 Å². The third-order valence-electron chi connectivity index (χ3n) is 3.80. The Bertz CT molecular complexity index is 1040. The van der Waals surface area contributed by atoms with Crippen LogP contribution in [0.3, 0.4) is 0 Å². The maximum atomic E-state index is 12.6. The van der Waals surface area contributed by atoms with E-state index in [4.69, 9.17) is 26.3 Å². The quantitative estimate of drug-likeness (QED) is 0.311. The number of ether oxygens (including phenoxy) is 2. The first kappa shape index (κ1) is 22.5. The molecule has 0 radical (unpaired) electrons. The number of hydrogen-bond donors (Lipinski definition) is 1. The summed E-state index contributed by atoms with van der Waals surface area (Å²) in [6, 6.07) is 12.4. The van der Waals surface area contributed by atoms with Crippen LogP contribution in [0.25, 0.3) is 6.08 Å². The van der Waals surface area contributed by atoms with E-state index in [9.17, 15) is 10.1 Å². The summed E-state index contributed by atoms with van der Waals surface area (Å²) >= 11 is 8.13. The van der Waals surface area contributed by atoms with Gasteiger partial charge in [-0.3, -0.25) is 4.79 Å². The Balaban J connectivity index is 2.36. The number of carbonyl (C=O) groups excluding carboxylic acids is 1. The van der Waals surface area contributed by atoms with Crippen LogP contribution in [-0.4, -0.2) is 19.1 Å². The van der Waals surface area contributed by atoms with E-state index in [0.717, 1.165) is 0 Å². The topological polar surface area (TPSA) is 95.1 Å². The van der Waals surface area contributed by atoms with Gasteiger partial charge in [0.1, 0.15) is 17.7 Å². The van der Waals surface area contributed by atoms with E-state index in [1.807, 2.05) is 19.1 Å². The van der Waals surface area contributed by atoms with Gasteiger partial charge in [-0.2, -0.15) is 10.5 Å². The molecule has 2 rings (SSSR count). The monoisotopic (exact) mass is 521 g/mol. The molecular weight excluding hydrogens is 505 g/mol. The van der Waals surface area contributed by atoms with Crippen LogP contribution in [0.2, 0.25) is 5.02 Å². The summed E-state index contributed by atoms with van der Waals surface area (Å²) in [5.41, 5.74) is 1.77. The number of hydrogen-bond acceptors (Lipinski definition) is 5. The summed E-state index contributed by atoms with van der Waals surface area (Å²) in [4.78, 5) is 12.6. The lowest BCUT2D eigenvalue weighted by molar-refractivity contribution is -0.112. The minimum Gasteiger partial charge on any atom is -0.490 e. The lowest BCUT2D eigenvalue weighted by atomic mass is 10.1. The fraction of sp³-hybridized carbons (Fsp3) is 0.190. The van der Waals surface area contributed by atoms with E-state index >= 15 is 0 Å². The number of amides is 1. The molecule has 1 amide bonds. The standard InChI is InChI=1S/C21H17ClIN3O3/c1-3-28-19-11-14(10-17(23)20(19)29-8-7-24)9-15(12-25)21(27)26-18-6-4-5-16(22)13(18)2/h4-6,9-11H,3,8H2,1-2H3,(H,26,27)/b15-9+. The van der Waals surface area contributed by atoms with E-state index in [-0.39, 0.29) is 12.2 Å². The number of nitrogens with zero attached hydrogens (tertiary/aromatic N) is 2. The molecule has 8 heteroatoms. The van der Waals surface area contributed by atoms with E-state index in [2.05, 4.69) is 27.9 Å². The minimum atomic E-state index is -0.546. The molecule has 1 N–H and O–H groups in total. The number of carbonyl (C=O) groups is 1. The van der Waals surface area contributed by atoms with Crippen molar-refractivity contribution in [3.63, 3.8) is 0 Å². The lowest BCUT2D eigenvalue weighted by Crippen LogP contribution is -2.14. The number of anilines is 1. The third kappa shape index (κ3) is 5.86. The van der Waals surface area contributed by atoms with Gasteiger partial charge in [0.05, 0.1) is 10.2 Å². The molecule has 0 atom stereocenters. The highest BCUT2D eigenvalue weighted by Gasteiger charge is 2.15. The van der Waals surface area contributed by atoms with Gasteiger partial charge in [0.2, 0.25) is 0 Å². The highest BCUT2D eigenvalue weighted by molar-refractivity contribution is 14.1. The molecule has 0 aliphatic carbocycles. The Labute approximate surface area is 187 Å². The SMILES string of the molecule is CCOc1cc(/C=C(\C#N)C(=O)Nc2cccc(Cl)c2C)cc(I)c1OCC#N. The predicted octanol–water partition coefficient (Wildman–Crippen LogP) is 5.10. The maximum absolute atomic E-state index is 12.6. The lowest BCUT2D eigenvalue weighted by Gasteiger charge is -2.13. The normalized spacial score (nSPS) is 10.6. The second kappa shape index (κ2) is 10.7. The molecule has 0 saturated heterocycles. The molecule has 0 heterocycles. The second-order valence-corrected chi connectivity index (χ2v) is 7.32. The minimum absolute atomic E-state index is 0.0756.